The van der Waals surface area contributed by atoms with E-state index in [2.05, 4.69) is 5.32 Å². The maximum atomic E-state index is 11.7. The smallest absolute Gasteiger partial charge is 0.251 e. The molecule has 0 bridgehead atoms. The molecule has 1 saturated heterocycles. The summed E-state index contributed by atoms with van der Waals surface area (Å²) >= 11 is 0. The molecule has 0 aromatic carbocycles. The van der Waals surface area contributed by atoms with Crippen LogP contribution in [0.2, 0.25) is 0 Å². The van der Waals surface area contributed by atoms with Crippen molar-refractivity contribution in [2.45, 2.75) is 18.9 Å². The molecule has 7 heteroatoms. The number of ether oxygens (including phenoxy) is 2. The van der Waals surface area contributed by atoms with Crippen molar-refractivity contribution in [2.24, 2.45) is 0 Å². The Morgan fingerprint density at radius 2 is 2.17 bits per heavy atom. The Balaban J connectivity index is 2.31. The number of likely N-dealkylation sites (N-methyl/N-ethyl adjacent to an activating group) is 1. The van der Waals surface area contributed by atoms with Crippen LogP contribution in [0, 0.1) is 0 Å². The van der Waals surface area contributed by atoms with Gasteiger partial charge in [0.25, 0.3) is 5.91 Å². The third-order valence-electron chi connectivity index (χ3n) is 2.65. The summed E-state index contributed by atoms with van der Waals surface area (Å²) in [5, 5.41) is 2.55. The number of methoxy groups -OCH3 is 1. The lowest BCUT2D eigenvalue weighted by Crippen LogP contribution is -2.53. The van der Waals surface area contributed by atoms with Gasteiger partial charge in [0.1, 0.15) is 12.6 Å². The van der Waals surface area contributed by atoms with Gasteiger partial charge in [0, 0.05) is 20.6 Å². The third kappa shape index (κ3) is 4.08. The van der Waals surface area contributed by atoms with Crippen LogP contribution >= 0.6 is 0 Å². The van der Waals surface area contributed by atoms with Crippen molar-refractivity contribution in [2.75, 3.05) is 34.0 Å². The summed E-state index contributed by atoms with van der Waals surface area (Å²) < 4.78 is 9.79. The highest BCUT2D eigenvalue weighted by Crippen LogP contribution is 2.11. The van der Waals surface area contributed by atoms with Crippen LogP contribution in [-0.2, 0) is 23.9 Å². The quantitative estimate of drug-likeness (QED) is 0.483. The fourth-order valence-electron chi connectivity index (χ4n) is 1.59. The van der Waals surface area contributed by atoms with Gasteiger partial charge in [0.05, 0.1) is 13.2 Å². The molecule has 0 aromatic heterocycles. The number of amides is 3. The second-order valence-corrected chi connectivity index (χ2v) is 4.00. The van der Waals surface area contributed by atoms with E-state index in [4.69, 9.17) is 9.47 Å². The average Bonchev–Trinajstić information content (AvgIpc) is 2.35. The van der Waals surface area contributed by atoms with E-state index in [1.54, 1.807) is 0 Å². The maximum Gasteiger partial charge on any atom is 0.251 e. The lowest BCUT2D eigenvalue weighted by atomic mass is 10.0. The summed E-state index contributed by atoms with van der Waals surface area (Å²) in [4.78, 5) is 35.4. The van der Waals surface area contributed by atoms with Gasteiger partial charge >= 0.3 is 0 Å². The first kappa shape index (κ1) is 14.6. The number of rotatable bonds is 6. The monoisotopic (exact) mass is 258 g/mol. The van der Waals surface area contributed by atoms with Gasteiger partial charge < -0.3 is 14.8 Å². The molecule has 1 heterocycles. The number of hydrogen-bond donors (Lipinski definition) is 1. The topological polar surface area (TPSA) is 84.9 Å². The van der Waals surface area contributed by atoms with Gasteiger partial charge in [-0.3, -0.25) is 19.3 Å². The highest BCUT2D eigenvalue weighted by atomic mass is 16.5. The Morgan fingerprint density at radius 3 is 2.83 bits per heavy atom. The highest BCUT2D eigenvalue weighted by molar-refractivity contribution is 6.01. The van der Waals surface area contributed by atoms with Gasteiger partial charge in [0.15, 0.2) is 0 Å². The predicted molar refractivity (Wildman–Crippen MR) is 61.6 cm³/mol. The molecule has 0 aliphatic carbocycles. The molecule has 0 saturated carbocycles. The van der Waals surface area contributed by atoms with Crippen molar-refractivity contribution < 1.29 is 23.9 Å². The molecular formula is C11H18N2O5. The van der Waals surface area contributed by atoms with Gasteiger partial charge in [-0.15, -0.1) is 0 Å². The largest absolute Gasteiger partial charge is 0.382 e. The Bertz CT molecular complexity index is 331. The van der Waals surface area contributed by atoms with Gasteiger partial charge in [-0.2, -0.15) is 0 Å². The Labute approximate surface area is 105 Å². The highest BCUT2D eigenvalue weighted by Gasteiger charge is 2.32. The molecule has 0 aromatic rings. The third-order valence-corrected chi connectivity index (χ3v) is 2.65. The van der Waals surface area contributed by atoms with Gasteiger partial charge in [0.2, 0.25) is 11.8 Å². The predicted octanol–water partition coefficient (Wildman–Crippen LogP) is -1.09. The number of carbonyl (C=O) groups is 3. The van der Waals surface area contributed by atoms with Crippen molar-refractivity contribution in [3.8, 4) is 0 Å². The maximum absolute atomic E-state index is 11.7. The SMILES string of the molecule is COCCOCC(=O)NC1CCC(=O)N(C)C1=O. The number of nitrogens with one attached hydrogen (secondary N) is 1. The Kier molecular flexibility index (Phi) is 5.73. The van der Waals surface area contributed by atoms with E-state index in [1.807, 2.05) is 0 Å². The van der Waals surface area contributed by atoms with Crippen LogP contribution in [0.25, 0.3) is 0 Å². The van der Waals surface area contributed by atoms with Crippen LogP contribution in [0.5, 0.6) is 0 Å². The molecule has 1 N–H and O–H groups in total. The standard InChI is InChI=1S/C11H18N2O5/c1-13-10(15)4-3-8(11(13)16)12-9(14)7-18-6-5-17-2/h8H,3-7H2,1-2H3,(H,12,14). The minimum atomic E-state index is -0.633. The average molecular weight is 258 g/mol. The van der Waals surface area contributed by atoms with Crippen LogP contribution in [-0.4, -0.2) is 62.6 Å². The van der Waals surface area contributed by atoms with Crippen LogP contribution in [0.15, 0.2) is 0 Å². The summed E-state index contributed by atoms with van der Waals surface area (Å²) in [7, 11) is 2.95. The molecule has 1 unspecified atom stereocenters. The van der Waals surface area contributed by atoms with E-state index in [0.29, 0.717) is 19.6 Å². The van der Waals surface area contributed by atoms with E-state index in [-0.39, 0.29) is 30.7 Å². The second kappa shape index (κ2) is 7.07. The summed E-state index contributed by atoms with van der Waals surface area (Å²) in [5.74, 6) is -0.967. The fraction of sp³-hybridized carbons (Fsp3) is 0.727. The van der Waals surface area contributed by atoms with Crippen LogP contribution < -0.4 is 5.32 Å². The lowest BCUT2D eigenvalue weighted by molar-refractivity contribution is -0.149. The van der Waals surface area contributed by atoms with Crippen molar-refractivity contribution >= 4 is 17.7 Å². The Hall–Kier alpha value is -1.47. The van der Waals surface area contributed by atoms with Crippen molar-refractivity contribution in [1.29, 1.82) is 0 Å². The summed E-state index contributed by atoms with van der Waals surface area (Å²) in [6.07, 6.45) is 0.601. The number of imide groups is 1. The molecular weight excluding hydrogens is 240 g/mol. The molecule has 0 spiro atoms. The van der Waals surface area contributed by atoms with Crippen LogP contribution in [0.4, 0.5) is 0 Å². The van der Waals surface area contributed by atoms with Crippen LogP contribution in [0.3, 0.4) is 0 Å². The van der Waals surface area contributed by atoms with Crippen molar-refractivity contribution in [3.63, 3.8) is 0 Å². The number of hydrogen-bond acceptors (Lipinski definition) is 5. The molecule has 1 fully saturated rings. The Morgan fingerprint density at radius 1 is 1.44 bits per heavy atom. The molecule has 1 aliphatic heterocycles. The first-order valence-electron chi connectivity index (χ1n) is 5.72. The normalized spacial score (nSPS) is 20.1. The van der Waals surface area contributed by atoms with Gasteiger partial charge in [-0.25, -0.2) is 0 Å². The van der Waals surface area contributed by atoms with E-state index in [9.17, 15) is 14.4 Å². The zero-order chi connectivity index (χ0) is 13.5. The molecule has 18 heavy (non-hydrogen) atoms. The molecule has 102 valence electrons. The first-order valence-corrected chi connectivity index (χ1v) is 5.72. The molecule has 1 aliphatic rings. The summed E-state index contributed by atoms with van der Waals surface area (Å²) in [6, 6.07) is -0.633. The molecule has 7 nitrogen and oxygen atoms in total. The molecule has 1 atom stereocenters. The van der Waals surface area contributed by atoms with Gasteiger partial charge in [-0.1, -0.05) is 0 Å². The molecule has 3 amide bonds. The number of piperidine rings is 1. The van der Waals surface area contributed by atoms with E-state index in [0.717, 1.165) is 4.90 Å². The fourth-order valence-corrected chi connectivity index (χ4v) is 1.59. The van der Waals surface area contributed by atoms with E-state index >= 15 is 0 Å². The minimum absolute atomic E-state index is 0.120. The second-order valence-electron chi connectivity index (χ2n) is 4.00. The van der Waals surface area contributed by atoms with Crippen molar-refractivity contribution in [1.82, 2.24) is 10.2 Å². The minimum Gasteiger partial charge on any atom is -0.382 e. The lowest BCUT2D eigenvalue weighted by Gasteiger charge is -2.28. The van der Waals surface area contributed by atoms with E-state index < -0.39 is 6.04 Å². The summed E-state index contributed by atoms with van der Waals surface area (Å²) in [5.41, 5.74) is 0. The molecule has 1 rings (SSSR count). The zero-order valence-corrected chi connectivity index (χ0v) is 10.6. The summed E-state index contributed by atoms with van der Waals surface area (Å²) in [6.45, 7) is 0.610. The number of carbonyl (C=O) groups excluding carboxylic acids is 3. The first-order chi connectivity index (χ1) is 8.56. The molecule has 0 radical (unpaired) electrons. The van der Waals surface area contributed by atoms with Crippen LogP contribution in [0.1, 0.15) is 12.8 Å². The number of likely N-dealkylation sites (tertiary alicyclic amines) is 1. The van der Waals surface area contributed by atoms with Crippen molar-refractivity contribution in [3.05, 3.63) is 0 Å². The van der Waals surface area contributed by atoms with E-state index in [1.165, 1.54) is 14.2 Å². The number of nitrogens with zero attached hydrogens (tertiary/aromatic N) is 1. The van der Waals surface area contributed by atoms with Gasteiger partial charge in [-0.05, 0) is 6.42 Å². The zero-order valence-electron chi connectivity index (χ0n) is 10.6.